The van der Waals surface area contributed by atoms with Gasteiger partial charge in [-0.2, -0.15) is 0 Å². The van der Waals surface area contributed by atoms with E-state index in [2.05, 4.69) is 191 Å². The Morgan fingerprint density at radius 3 is 0.840 bits per heavy atom. The summed E-state index contributed by atoms with van der Waals surface area (Å²) in [5, 5.41) is 12.5. The van der Waals surface area contributed by atoms with Crippen LogP contribution in [0.25, 0.3) is 53.9 Å². The minimum absolute atomic E-state index is 0.562. The first-order valence-corrected chi connectivity index (χ1v) is 23.5. The van der Waals surface area contributed by atoms with Gasteiger partial charge < -0.3 is 0 Å². The first-order valence-electron chi connectivity index (χ1n) is 19.0. The molecular formula is C48H56Si2. The van der Waals surface area contributed by atoms with E-state index in [0.717, 1.165) is 0 Å². The second-order valence-corrected chi connectivity index (χ2v) is 27.9. The fraction of sp³-hybridized carbons (Fsp3) is 0.375. The molecule has 0 saturated carbocycles. The van der Waals surface area contributed by atoms with Crippen LogP contribution >= 0.6 is 0 Å². The normalized spacial score (nSPS) is 12.8. The van der Waals surface area contributed by atoms with Crippen LogP contribution in [0.2, 0.25) is 33.2 Å². The number of benzene rings is 6. The summed E-state index contributed by atoms with van der Waals surface area (Å²) in [5.74, 6) is 8.02. The summed E-state index contributed by atoms with van der Waals surface area (Å²) in [7, 11) is -4.01. The second kappa shape index (κ2) is 13.7. The molecule has 0 amide bonds. The predicted molar refractivity (Wildman–Crippen MR) is 230 cm³/mol. The number of hydrogen-bond acceptors (Lipinski definition) is 0. The summed E-state index contributed by atoms with van der Waals surface area (Å²) >= 11 is 0. The smallest absolute Gasteiger partial charge is 0.125 e. The molecule has 0 aromatic heterocycles. The van der Waals surface area contributed by atoms with Crippen LogP contribution in [0.1, 0.15) is 94.2 Å². The quantitative estimate of drug-likeness (QED) is 0.0928. The van der Waals surface area contributed by atoms with Gasteiger partial charge in [0.1, 0.15) is 16.1 Å². The third-order valence-corrected chi connectivity index (χ3v) is 24.9. The van der Waals surface area contributed by atoms with E-state index in [-0.39, 0.29) is 0 Å². The molecule has 0 spiro atoms. The lowest BCUT2D eigenvalue weighted by Gasteiger charge is -2.38. The summed E-state index contributed by atoms with van der Waals surface area (Å²) in [4.78, 5) is 0. The molecule has 6 aromatic rings. The Balaban J connectivity index is 1.85. The fourth-order valence-corrected chi connectivity index (χ4v) is 20.2. The summed E-state index contributed by atoms with van der Waals surface area (Å²) in [6, 6.07) is 31.9. The number of hydrogen-bond donors (Lipinski definition) is 0. The monoisotopic (exact) mass is 688 g/mol. The molecule has 6 aromatic carbocycles. The van der Waals surface area contributed by atoms with Gasteiger partial charge in [0.2, 0.25) is 0 Å². The highest BCUT2D eigenvalue weighted by molar-refractivity contribution is 6.91. The van der Waals surface area contributed by atoms with Gasteiger partial charge in [-0.3, -0.25) is 0 Å². The maximum Gasteiger partial charge on any atom is 0.146 e. The Kier molecular flexibility index (Phi) is 9.87. The van der Waals surface area contributed by atoms with Gasteiger partial charge in [0.05, 0.1) is 0 Å². The van der Waals surface area contributed by atoms with Crippen LogP contribution in [0.15, 0.2) is 84.9 Å². The van der Waals surface area contributed by atoms with Crippen LogP contribution in [0.4, 0.5) is 0 Å². The van der Waals surface area contributed by atoms with Crippen LogP contribution in [-0.4, -0.2) is 16.1 Å². The Hall–Kier alpha value is -3.83. The molecular weight excluding hydrogens is 633 g/mol. The van der Waals surface area contributed by atoms with Gasteiger partial charge in [0.15, 0.2) is 0 Å². The highest BCUT2D eigenvalue weighted by atomic mass is 28.3. The molecule has 50 heavy (non-hydrogen) atoms. The molecule has 0 fully saturated rings. The van der Waals surface area contributed by atoms with Crippen molar-refractivity contribution >= 4 is 70.0 Å². The lowest BCUT2D eigenvalue weighted by Crippen LogP contribution is -2.43. The summed E-state index contributed by atoms with van der Waals surface area (Å²) in [6.45, 7) is 29.0. The van der Waals surface area contributed by atoms with Gasteiger partial charge in [0, 0.05) is 11.1 Å². The summed E-state index contributed by atoms with van der Waals surface area (Å²) < 4.78 is 0. The van der Waals surface area contributed by atoms with Gasteiger partial charge in [0.25, 0.3) is 0 Å². The van der Waals surface area contributed by atoms with Crippen LogP contribution < -0.4 is 0 Å². The molecule has 0 radical (unpaired) electrons. The van der Waals surface area contributed by atoms with Crippen LogP contribution in [0, 0.1) is 22.9 Å². The number of fused-ring (bicyclic) bond motifs is 5. The molecule has 0 N–H and O–H groups in total. The Bertz CT molecular complexity index is 2150. The predicted octanol–water partition coefficient (Wildman–Crippen LogP) is 14.6. The van der Waals surface area contributed by atoms with Crippen LogP contribution in [0.5, 0.6) is 0 Å². The Morgan fingerprint density at radius 1 is 0.340 bits per heavy atom. The second-order valence-electron chi connectivity index (χ2n) is 16.7. The first-order chi connectivity index (χ1) is 23.7. The molecule has 0 nitrogen and oxygen atoms in total. The maximum absolute atomic E-state index is 4.14. The summed E-state index contributed by atoms with van der Waals surface area (Å²) in [6.07, 6.45) is 0. The standard InChI is InChI=1S/C48H56Si2/c1-31(2)49(32(3)4,33(5)6)23-21-43-45-27-39-19-15-16-20-40(39)28-46(45)44(22-24-50(34(7)8,35(9)10)36(11)12)48-30-42-26-38-18-14-13-17-37(38)25-41(42)29-47(43)48/h13-20,25-36H,1-12H3. The van der Waals surface area contributed by atoms with Crippen molar-refractivity contribution < 1.29 is 0 Å². The Morgan fingerprint density at radius 2 is 0.580 bits per heavy atom. The lowest BCUT2D eigenvalue weighted by molar-refractivity contribution is 0.838. The molecule has 6 rings (SSSR count). The topological polar surface area (TPSA) is 0 Å². The zero-order valence-corrected chi connectivity index (χ0v) is 34.5. The average Bonchev–Trinajstić information content (AvgIpc) is 3.05. The van der Waals surface area contributed by atoms with Crippen molar-refractivity contribution in [1.29, 1.82) is 0 Å². The van der Waals surface area contributed by atoms with E-state index in [1.807, 2.05) is 0 Å². The van der Waals surface area contributed by atoms with E-state index in [1.165, 1.54) is 65.0 Å². The minimum atomic E-state index is -2.00. The molecule has 0 heterocycles. The van der Waals surface area contributed by atoms with Crippen molar-refractivity contribution in [3.05, 3.63) is 96.1 Å². The molecule has 0 aliphatic carbocycles. The van der Waals surface area contributed by atoms with E-state index >= 15 is 0 Å². The fourth-order valence-electron chi connectivity index (χ4n) is 9.83. The van der Waals surface area contributed by atoms with Crippen molar-refractivity contribution in [2.75, 3.05) is 0 Å². The van der Waals surface area contributed by atoms with Crippen molar-refractivity contribution in [2.24, 2.45) is 0 Å². The first kappa shape index (κ1) is 36.0. The zero-order valence-electron chi connectivity index (χ0n) is 32.5. The minimum Gasteiger partial charge on any atom is -0.125 e. The highest BCUT2D eigenvalue weighted by Gasteiger charge is 2.43. The van der Waals surface area contributed by atoms with Crippen molar-refractivity contribution in [3.8, 4) is 22.9 Å². The molecule has 0 aliphatic rings. The maximum atomic E-state index is 4.14. The van der Waals surface area contributed by atoms with E-state index in [4.69, 9.17) is 0 Å². The molecule has 0 unspecified atom stereocenters. The lowest BCUT2D eigenvalue weighted by atomic mass is 9.88. The van der Waals surface area contributed by atoms with Crippen molar-refractivity contribution in [3.63, 3.8) is 0 Å². The van der Waals surface area contributed by atoms with Crippen molar-refractivity contribution in [2.45, 2.75) is 116 Å². The molecule has 256 valence electrons. The van der Waals surface area contributed by atoms with Crippen LogP contribution in [0.3, 0.4) is 0 Å². The average molecular weight is 689 g/mol. The Labute approximate surface area is 304 Å². The zero-order chi connectivity index (χ0) is 36.1. The van der Waals surface area contributed by atoms with E-state index < -0.39 is 16.1 Å². The summed E-state index contributed by atoms with van der Waals surface area (Å²) in [5.41, 5.74) is 14.0. The third kappa shape index (κ3) is 5.90. The van der Waals surface area contributed by atoms with Crippen molar-refractivity contribution in [1.82, 2.24) is 0 Å². The van der Waals surface area contributed by atoms with Gasteiger partial charge in [-0.15, -0.1) is 11.1 Å². The van der Waals surface area contributed by atoms with E-state index in [9.17, 15) is 0 Å². The van der Waals surface area contributed by atoms with Gasteiger partial charge in [-0.05, 0) is 124 Å². The number of rotatable bonds is 6. The van der Waals surface area contributed by atoms with Gasteiger partial charge >= 0.3 is 0 Å². The van der Waals surface area contributed by atoms with Gasteiger partial charge in [-0.1, -0.05) is 143 Å². The highest BCUT2D eigenvalue weighted by Crippen LogP contribution is 2.44. The van der Waals surface area contributed by atoms with E-state index in [0.29, 0.717) is 33.2 Å². The molecule has 0 aliphatic heterocycles. The molecule has 0 bridgehead atoms. The van der Waals surface area contributed by atoms with Gasteiger partial charge in [-0.25, -0.2) is 0 Å². The largest absolute Gasteiger partial charge is 0.146 e. The molecule has 2 heteroatoms. The van der Waals surface area contributed by atoms with Crippen LogP contribution in [-0.2, 0) is 0 Å². The third-order valence-electron chi connectivity index (χ3n) is 12.3. The van der Waals surface area contributed by atoms with E-state index in [1.54, 1.807) is 0 Å². The molecule has 0 saturated heterocycles. The molecule has 0 atom stereocenters. The SMILES string of the molecule is CC(C)[Si](C#Cc1c2cc3ccccc3cc2c(C#C[Si](C(C)C)(C(C)C)C(C)C)c2cc3cc4ccccc4cc3cc12)(C(C)C)C(C)C.